The summed E-state index contributed by atoms with van der Waals surface area (Å²) in [5, 5.41) is 0. The number of ether oxygens (including phenoxy) is 3. The number of allylic oxidation sites excluding steroid dienone is 28. The Morgan fingerprint density at radius 2 is 0.494 bits per heavy atom. The summed E-state index contributed by atoms with van der Waals surface area (Å²) >= 11 is 0. The lowest BCUT2D eigenvalue weighted by molar-refractivity contribution is -0.167. The monoisotopic (exact) mass is 1090 g/mol. The quantitative estimate of drug-likeness (QED) is 0.0261. The Labute approximate surface area is 485 Å². The first-order valence-corrected chi connectivity index (χ1v) is 31.6. The Hall–Kier alpha value is -5.23. The third-order valence-corrected chi connectivity index (χ3v) is 12.7. The minimum Gasteiger partial charge on any atom is -0.462 e. The number of esters is 3. The largest absolute Gasteiger partial charge is 0.462 e. The summed E-state index contributed by atoms with van der Waals surface area (Å²) in [6, 6.07) is 0. The van der Waals surface area contributed by atoms with Crippen molar-refractivity contribution in [3.05, 3.63) is 170 Å². The topological polar surface area (TPSA) is 78.9 Å². The van der Waals surface area contributed by atoms with E-state index in [4.69, 9.17) is 14.2 Å². The molecule has 1 unspecified atom stereocenters. The van der Waals surface area contributed by atoms with Gasteiger partial charge in [0.1, 0.15) is 13.2 Å². The summed E-state index contributed by atoms with van der Waals surface area (Å²) in [6.07, 6.45) is 96.4. The summed E-state index contributed by atoms with van der Waals surface area (Å²) in [4.78, 5) is 38.2. The van der Waals surface area contributed by atoms with Crippen LogP contribution in [0.1, 0.15) is 252 Å². The van der Waals surface area contributed by atoms with Crippen LogP contribution >= 0.6 is 0 Å². The fraction of sp³-hybridized carbons (Fsp3) is 0.575. The Morgan fingerprint density at radius 3 is 0.785 bits per heavy atom. The highest BCUT2D eigenvalue weighted by atomic mass is 16.6. The summed E-state index contributed by atoms with van der Waals surface area (Å²) < 4.78 is 16.8. The van der Waals surface area contributed by atoms with Crippen molar-refractivity contribution < 1.29 is 28.6 Å². The number of carbonyl (C=O) groups excluding carboxylic acids is 3. The Morgan fingerprint density at radius 1 is 0.266 bits per heavy atom. The molecule has 0 heterocycles. The number of rotatable bonds is 55. The molecule has 0 aliphatic heterocycles. The first-order chi connectivity index (χ1) is 39.0. The average Bonchev–Trinajstić information content (AvgIpc) is 3.45. The van der Waals surface area contributed by atoms with Crippen molar-refractivity contribution in [2.45, 2.75) is 258 Å². The molecule has 0 aromatic carbocycles. The summed E-state index contributed by atoms with van der Waals surface area (Å²) in [7, 11) is 0. The lowest BCUT2D eigenvalue weighted by Gasteiger charge is -2.18. The molecule has 0 saturated carbocycles. The van der Waals surface area contributed by atoms with Gasteiger partial charge in [-0.3, -0.25) is 14.4 Å². The minimum atomic E-state index is -0.818. The maximum atomic E-state index is 12.9. The molecule has 79 heavy (non-hydrogen) atoms. The second kappa shape index (κ2) is 65.3. The van der Waals surface area contributed by atoms with Crippen molar-refractivity contribution in [1.82, 2.24) is 0 Å². The van der Waals surface area contributed by atoms with Gasteiger partial charge in [-0.2, -0.15) is 0 Å². The molecule has 0 radical (unpaired) electrons. The molecular weight excluding hydrogens is 973 g/mol. The van der Waals surface area contributed by atoms with Crippen LogP contribution in [0.2, 0.25) is 0 Å². The first kappa shape index (κ1) is 73.8. The molecule has 0 aromatic heterocycles. The molecule has 0 spiro atoms. The number of hydrogen-bond donors (Lipinski definition) is 0. The fourth-order valence-corrected chi connectivity index (χ4v) is 8.01. The molecule has 0 saturated heterocycles. The molecule has 1 atom stereocenters. The van der Waals surface area contributed by atoms with E-state index >= 15 is 0 Å². The number of carbonyl (C=O) groups is 3. The van der Waals surface area contributed by atoms with Crippen molar-refractivity contribution in [2.24, 2.45) is 0 Å². The first-order valence-electron chi connectivity index (χ1n) is 31.6. The molecule has 0 aliphatic carbocycles. The van der Waals surface area contributed by atoms with Gasteiger partial charge < -0.3 is 14.2 Å². The van der Waals surface area contributed by atoms with E-state index in [1.54, 1.807) is 0 Å². The van der Waals surface area contributed by atoms with Crippen LogP contribution in [-0.4, -0.2) is 37.2 Å². The van der Waals surface area contributed by atoms with E-state index in [0.717, 1.165) is 161 Å². The third-order valence-electron chi connectivity index (χ3n) is 12.7. The van der Waals surface area contributed by atoms with Gasteiger partial charge in [-0.1, -0.05) is 249 Å². The highest BCUT2D eigenvalue weighted by Crippen LogP contribution is 2.13. The van der Waals surface area contributed by atoms with Crippen molar-refractivity contribution >= 4 is 17.9 Å². The van der Waals surface area contributed by atoms with E-state index in [0.29, 0.717) is 19.3 Å². The van der Waals surface area contributed by atoms with Gasteiger partial charge in [0.2, 0.25) is 0 Å². The van der Waals surface area contributed by atoms with Crippen LogP contribution in [0.25, 0.3) is 0 Å². The normalized spacial score (nSPS) is 13.3. The predicted molar refractivity (Wildman–Crippen MR) is 343 cm³/mol. The van der Waals surface area contributed by atoms with Crippen LogP contribution in [-0.2, 0) is 28.6 Å². The molecule has 0 aromatic rings. The van der Waals surface area contributed by atoms with Gasteiger partial charge >= 0.3 is 17.9 Å². The van der Waals surface area contributed by atoms with E-state index in [1.165, 1.54) is 51.4 Å². The molecule has 0 bridgehead atoms. The van der Waals surface area contributed by atoms with Crippen molar-refractivity contribution in [3.63, 3.8) is 0 Å². The lowest BCUT2D eigenvalue weighted by atomic mass is 10.1. The second-order valence-electron chi connectivity index (χ2n) is 20.2. The highest BCUT2D eigenvalue weighted by Gasteiger charge is 2.19. The molecular formula is C73H114O6. The standard InChI is InChI=1S/C73H114O6/c1-4-7-10-13-16-19-22-25-27-29-30-31-32-33-34-35-36-37-38-39-40-41-42-44-45-48-51-54-57-60-63-66-72(75)78-69-70(68-77-71(74)65-62-59-56-53-50-47-24-21-18-15-12-9-6-3)79-73(76)67-64-61-58-55-52-49-46-43-28-26-23-20-17-14-11-8-5-2/h7,9-10,12,16-21,25-28,30-31,33-34,36-37,39-40,42,44,47-48,50-51,70H,4-6,8,11,13-15,22-24,29,32,35,38,41,43,45-46,49,52-69H2,1-3H3/b10-7-,12-9-,19-16-,20-17-,21-18-,27-25-,28-26-,31-30-,34-33-,37-36-,40-39-,44-42-,50-47-,51-48-. The molecule has 0 N–H and O–H groups in total. The number of hydrogen-bond acceptors (Lipinski definition) is 6. The zero-order valence-electron chi connectivity index (χ0n) is 50.6. The van der Waals surface area contributed by atoms with Crippen LogP contribution < -0.4 is 0 Å². The Bertz CT molecular complexity index is 1820. The van der Waals surface area contributed by atoms with Crippen LogP contribution in [0.3, 0.4) is 0 Å². The van der Waals surface area contributed by atoms with E-state index in [-0.39, 0.29) is 31.1 Å². The highest BCUT2D eigenvalue weighted by molar-refractivity contribution is 5.71. The fourth-order valence-electron chi connectivity index (χ4n) is 8.01. The van der Waals surface area contributed by atoms with E-state index < -0.39 is 6.10 Å². The molecule has 442 valence electrons. The van der Waals surface area contributed by atoms with Crippen molar-refractivity contribution in [3.8, 4) is 0 Å². The van der Waals surface area contributed by atoms with Gasteiger partial charge in [-0.25, -0.2) is 0 Å². The van der Waals surface area contributed by atoms with Crippen molar-refractivity contribution in [2.75, 3.05) is 13.2 Å². The van der Waals surface area contributed by atoms with Crippen molar-refractivity contribution in [1.29, 1.82) is 0 Å². The summed E-state index contributed by atoms with van der Waals surface area (Å²) in [5.74, 6) is -0.989. The molecule has 0 amide bonds. The smallest absolute Gasteiger partial charge is 0.306 e. The van der Waals surface area contributed by atoms with Gasteiger partial charge in [0, 0.05) is 19.3 Å². The molecule has 0 rings (SSSR count). The van der Waals surface area contributed by atoms with Gasteiger partial charge in [0.05, 0.1) is 0 Å². The molecule has 0 fully saturated rings. The van der Waals surface area contributed by atoms with E-state index in [2.05, 4.69) is 191 Å². The van der Waals surface area contributed by atoms with Crippen LogP contribution in [0.5, 0.6) is 0 Å². The maximum Gasteiger partial charge on any atom is 0.306 e. The lowest BCUT2D eigenvalue weighted by Crippen LogP contribution is -2.30. The molecule has 0 aliphatic rings. The van der Waals surface area contributed by atoms with Crippen LogP contribution in [0, 0.1) is 0 Å². The van der Waals surface area contributed by atoms with E-state index in [1.807, 2.05) is 0 Å². The van der Waals surface area contributed by atoms with Gasteiger partial charge in [0.25, 0.3) is 0 Å². The van der Waals surface area contributed by atoms with E-state index in [9.17, 15) is 14.4 Å². The summed E-state index contributed by atoms with van der Waals surface area (Å²) in [5.41, 5.74) is 0. The van der Waals surface area contributed by atoms with Gasteiger partial charge in [0.15, 0.2) is 6.10 Å². The maximum absolute atomic E-state index is 12.9. The van der Waals surface area contributed by atoms with Crippen LogP contribution in [0.4, 0.5) is 0 Å². The third kappa shape index (κ3) is 63.5. The second-order valence-corrected chi connectivity index (χ2v) is 20.2. The predicted octanol–water partition coefficient (Wildman–Crippen LogP) is 21.9. The molecule has 6 nitrogen and oxygen atoms in total. The number of unbranched alkanes of at least 4 members (excludes halogenated alkanes) is 16. The zero-order valence-corrected chi connectivity index (χ0v) is 50.6. The Balaban J connectivity index is 4.43. The zero-order chi connectivity index (χ0) is 57.1. The minimum absolute atomic E-state index is 0.115. The van der Waals surface area contributed by atoms with Gasteiger partial charge in [-0.05, 0) is 154 Å². The molecule has 6 heteroatoms. The SMILES string of the molecule is CC/C=C\C/C=C\C/C=C\C/C=C\C/C=C\C/C=C\C/C=C\C/C=C\C/C=C\CCCCCC(=O)OCC(COC(=O)CCCCC/C=C\C/C=C\C/C=C\CC)OC(=O)CCCCCCCCC/C=C\C/C=C\CCCCC. The summed E-state index contributed by atoms with van der Waals surface area (Å²) in [6.45, 7) is 6.31. The van der Waals surface area contributed by atoms with Crippen LogP contribution in [0.15, 0.2) is 170 Å². The van der Waals surface area contributed by atoms with Gasteiger partial charge in [-0.15, -0.1) is 0 Å². The Kier molecular flexibility index (Phi) is 61.0. The average molecular weight is 1090 g/mol.